The van der Waals surface area contributed by atoms with Crippen molar-refractivity contribution in [3.8, 4) is 5.75 Å². The van der Waals surface area contributed by atoms with Gasteiger partial charge in [0.15, 0.2) is 0 Å². The predicted molar refractivity (Wildman–Crippen MR) is 129 cm³/mol. The first kappa shape index (κ1) is 22.1. The summed E-state index contributed by atoms with van der Waals surface area (Å²) in [7, 11) is 1.61. The number of hydrogen-bond donors (Lipinski definition) is 0. The van der Waals surface area contributed by atoms with E-state index < -0.39 is 0 Å². The molecule has 0 radical (unpaired) electrons. The lowest BCUT2D eigenvalue weighted by Crippen LogP contribution is -2.52. The number of amides is 1. The maximum Gasteiger partial charge on any atom is 0.247 e. The fraction of sp³-hybridized carbons (Fsp3) is 0.423. The fourth-order valence-corrected chi connectivity index (χ4v) is 5.48. The van der Waals surface area contributed by atoms with Gasteiger partial charge < -0.3 is 4.74 Å². The van der Waals surface area contributed by atoms with Crippen molar-refractivity contribution in [3.63, 3.8) is 0 Å². The minimum absolute atomic E-state index is 0.0572. The Morgan fingerprint density at radius 3 is 2.48 bits per heavy atom. The highest BCUT2D eigenvalue weighted by Crippen LogP contribution is 2.37. The number of pyridine rings is 1. The molecule has 172 valence electrons. The Bertz CT molecular complexity index is 1060. The predicted octanol–water partition coefficient (Wildman–Crippen LogP) is 4.54. The van der Waals surface area contributed by atoms with Crippen LogP contribution in [0.4, 0.5) is 0 Å². The molecule has 1 amide bonds. The van der Waals surface area contributed by atoms with Gasteiger partial charge in [0.2, 0.25) is 5.91 Å². The van der Waals surface area contributed by atoms with Crippen LogP contribution in [-0.2, 0) is 11.3 Å². The lowest BCUT2D eigenvalue weighted by molar-refractivity contribution is -0.141. The molecule has 1 aromatic heterocycles. The topological polar surface area (TPSA) is 58.0 Å². The Hall–Kier alpha value is -2.70. The molecule has 0 unspecified atom stereocenters. The van der Waals surface area contributed by atoms with E-state index in [0.717, 1.165) is 56.6 Å². The number of hydrogen-bond acceptors (Lipinski definition) is 5. The first-order valence-electron chi connectivity index (χ1n) is 11.7. The summed E-state index contributed by atoms with van der Waals surface area (Å²) >= 11 is 6.44. The van der Waals surface area contributed by atoms with E-state index in [1.807, 2.05) is 30.6 Å². The Labute approximate surface area is 199 Å². The van der Waals surface area contributed by atoms with Crippen LogP contribution in [0.1, 0.15) is 36.8 Å². The van der Waals surface area contributed by atoms with Crippen LogP contribution >= 0.6 is 11.6 Å². The molecule has 3 heterocycles. The normalized spacial score (nSPS) is 23.9. The van der Waals surface area contributed by atoms with Gasteiger partial charge in [-0.05, 0) is 67.1 Å². The van der Waals surface area contributed by atoms with E-state index in [1.165, 1.54) is 5.56 Å². The van der Waals surface area contributed by atoms with Crippen LogP contribution in [0, 0.1) is 11.8 Å². The maximum atomic E-state index is 13.5. The van der Waals surface area contributed by atoms with E-state index in [0.29, 0.717) is 10.8 Å². The highest BCUT2D eigenvalue weighted by Gasteiger charge is 2.42. The van der Waals surface area contributed by atoms with Crippen molar-refractivity contribution in [2.45, 2.75) is 38.3 Å². The van der Waals surface area contributed by atoms with Crippen molar-refractivity contribution in [1.29, 1.82) is 0 Å². The first-order chi connectivity index (χ1) is 16.1. The second kappa shape index (κ2) is 9.65. The SMILES string of the molecule is COc1ccc(C2=NN(C3CCN(Cc4ccncc4)CC3)C(=O)[C@H]3CC=CC[C@@H]23)cc1Cl. The van der Waals surface area contributed by atoms with Gasteiger partial charge in [0.1, 0.15) is 5.75 Å². The summed E-state index contributed by atoms with van der Waals surface area (Å²) in [5.74, 6) is 0.847. The molecule has 3 aliphatic rings. The molecule has 2 atom stereocenters. The monoisotopic (exact) mass is 464 g/mol. The summed E-state index contributed by atoms with van der Waals surface area (Å²) < 4.78 is 5.32. The molecule has 2 aromatic rings. The Balaban J connectivity index is 1.37. The van der Waals surface area contributed by atoms with Crippen LogP contribution in [0.15, 0.2) is 60.0 Å². The molecule has 0 spiro atoms. The maximum absolute atomic E-state index is 13.5. The molecular formula is C26H29ClN4O2. The molecule has 1 aromatic carbocycles. The number of benzene rings is 1. The van der Waals surface area contributed by atoms with Gasteiger partial charge in [-0.2, -0.15) is 5.10 Å². The molecule has 0 bridgehead atoms. The van der Waals surface area contributed by atoms with Crippen molar-refractivity contribution >= 4 is 23.2 Å². The van der Waals surface area contributed by atoms with Crippen LogP contribution in [-0.4, -0.2) is 52.8 Å². The molecule has 5 rings (SSSR count). The van der Waals surface area contributed by atoms with Crippen molar-refractivity contribution in [2.75, 3.05) is 20.2 Å². The quantitative estimate of drug-likeness (QED) is 0.610. The number of likely N-dealkylation sites (tertiary alicyclic amines) is 1. The summed E-state index contributed by atoms with van der Waals surface area (Å²) in [6.07, 6.45) is 11.4. The molecule has 1 fully saturated rings. The molecule has 0 N–H and O–H groups in total. The standard InChI is InChI=1S/C26H29ClN4O2/c1-33-24-7-6-19(16-23(24)27)25-21-4-2-3-5-22(21)26(32)31(29-25)20-10-14-30(15-11-20)17-18-8-12-28-13-9-18/h2-3,6-9,12-13,16,20-22H,4-5,10-11,14-15,17H2,1H3/t21-,22+/m1/s1. The molecule has 6 nitrogen and oxygen atoms in total. The highest BCUT2D eigenvalue weighted by atomic mass is 35.5. The van der Waals surface area contributed by atoms with Crippen LogP contribution in [0.2, 0.25) is 5.02 Å². The fourth-order valence-electron chi connectivity index (χ4n) is 5.23. The van der Waals surface area contributed by atoms with Gasteiger partial charge in [-0.3, -0.25) is 14.7 Å². The number of carbonyl (C=O) groups excluding carboxylic acids is 1. The van der Waals surface area contributed by atoms with E-state index in [-0.39, 0.29) is 23.8 Å². The number of allylic oxidation sites excluding steroid dienone is 2. The second-order valence-corrected chi connectivity index (χ2v) is 9.44. The number of piperidine rings is 1. The molecule has 2 aliphatic heterocycles. The Morgan fingerprint density at radius 1 is 1.06 bits per heavy atom. The smallest absolute Gasteiger partial charge is 0.247 e. The average Bonchev–Trinajstić information content (AvgIpc) is 2.86. The van der Waals surface area contributed by atoms with Gasteiger partial charge in [-0.15, -0.1) is 0 Å². The summed E-state index contributed by atoms with van der Waals surface area (Å²) in [4.78, 5) is 20.0. The minimum Gasteiger partial charge on any atom is -0.495 e. The Kier molecular flexibility index (Phi) is 6.47. The third-order valence-corrected chi connectivity index (χ3v) is 7.34. The zero-order valence-electron chi connectivity index (χ0n) is 18.9. The van der Waals surface area contributed by atoms with Gasteiger partial charge in [0.05, 0.1) is 29.8 Å². The van der Waals surface area contributed by atoms with E-state index in [9.17, 15) is 4.79 Å². The number of carbonyl (C=O) groups is 1. The molecule has 1 saturated heterocycles. The first-order valence-corrected chi connectivity index (χ1v) is 12.0. The lowest BCUT2D eigenvalue weighted by Gasteiger charge is -2.42. The van der Waals surface area contributed by atoms with E-state index in [2.05, 4.69) is 34.2 Å². The van der Waals surface area contributed by atoms with E-state index in [1.54, 1.807) is 12.1 Å². The molecule has 7 heteroatoms. The van der Waals surface area contributed by atoms with Crippen LogP contribution in [0.3, 0.4) is 0 Å². The summed E-state index contributed by atoms with van der Waals surface area (Å²) in [5.41, 5.74) is 3.21. The number of rotatable bonds is 5. The number of ether oxygens (including phenoxy) is 1. The van der Waals surface area contributed by atoms with Gasteiger partial charge in [0.25, 0.3) is 0 Å². The second-order valence-electron chi connectivity index (χ2n) is 9.04. The van der Waals surface area contributed by atoms with Crippen molar-refractivity contribution < 1.29 is 9.53 Å². The molecule has 33 heavy (non-hydrogen) atoms. The average molecular weight is 465 g/mol. The van der Waals surface area contributed by atoms with Crippen LogP contribution < -0.4 is 4.74 Å². The number of halogens is 1. The lowest BCUT2D eigenvalue weighted by atomic mass is 9.76. The van der Waals surface area contributed by atoms with E-state index in [4.69, 9.17) is 21.4 Å². The zero-order valence-corrected chi connectivity index (χ0v) is 19.6. The number of methoxy groups -OCH3 is 1. The third-order valence-electron chi connectivity index (χ3n) is 7.05. The van der Waals surface area contributed by atoms with Crippen molar-refractivity contribution in [3.05, 3.63) is 71.0 Å². The summed E-state index contributed by atoms with van der Waals surface area (Å²) in [5, 5.41) is 7.35. The number of aromatic nitrogens is 1. The molecule has 1 aliphatic carbocycles. The Morgan fingerprint density at radius 2 is 1.79 bits per heavy atom. The molecular weight excluding hydrogens is 436 g/mol. The van der Waals surface area contributed by atoms with E-state index >= 15 is 0 Å². The summed E-state index contributed by atoms with van der Waals surface area (Å²) in [6.45, 7) is 2.81. The van der Waals surface area contributed by atoms with Gasteiger partial charge in [0, 0.05) is 37.9 Å². The highest BCUT2D eigenvalue weighted by molar-refractivity contribution is 6.32. The number of nitrogens with zero attached hydrogens (tertiary/aromatic N) is 4. The number of fused-ring (bicyclic) bond motifs is 1. The summed E-state index contributed by atoms with van der Waals surface area (Å²) in [6, 6.07) is 10.1. The minimum atomic E-state index is -0.0572. The van der Waals surface area contributed by atoms with Crippen LogP contribution in [0.25, 0.3) is 0 Å². The number of hydrazone groups is 1. The van der Waals surface area contributed by atoms with Crippen molar-refractivity contribution in [2.24, 2.45) is 16.9 Å². The van der Waals surface area contributed by atoms with Crippen LogP contribution in [0.5, 0.6) is 5.75 Å². The molecule has 0 saturated carbocycles. The third kappa shape index (κ3) is 4.55. The van der Waals surface area contributed by atoms with Gasteiger partial charge >= 0.3 is 0 Å². The zero-order chi connectivity index (χ0) is 22.8. The largest absolute Gasteiger partial charge is 0.495 e. The van der Waals surface area contributed by atoms with Crippen molar-refractivity contribution in [1.82, 2.24) is 14.9 Å². The van der Waals surface area contributed by atoms with Gasteiger partial charge in [-0.25, -0.2) is 5.01 Å². The van der Waals surface area contributed by atoms with Gasteiger partial charge in [-0.1, -0.05) is 23.8 Å².